The fraction of sp³-hybridized carbons (Fsp3) is 0.318. The Hall–Kier alpha value is -3.29. The van der Waals surface area contributed by atoms with Gasteiger partial charge in [0.05, 0.1) is 0 Å². The molecule has 156 valence electrons. The number of piperazine rings is 1. The highest BCUT2D eigenvalue weighted by atomic mass is 19.1. The van der Waals surface area contributed by atoms with Gasteiger partial charge >= 0.3 is 11.8 Å². The number of carbonyl (C=O) groups excluding carboxylic acids is 3. The van der Waals surface area contributed by atoms with Crippen LogP contribution in [0.4, 0.5) is 14.5 Å². The van der Waals surface area contributed by atoms with Gasteiger partial charge in [0.15, 0.2) is 0 Å². The number of amides is 3. The number of nitrogens with one attached hydrogen (secondary N) is 1. The van der Waals surface area contributed by atoms with Crippen LogP contribution in [0.5, 0.6) is 0 Å². The molecule has 4 rings (SSSR count). The lowest BCUT2D eigenvalue weighted by Gasteiger charge is -2.34. The van der Waals surface area contributed by atoms with E-state index >= 15 is 0 Å². The van der Waals surface area contributed by atoms with E-state index in [1.807, 2.05) is 0 Å². The highest BCUT2D eigenvalue weighted by molar-refractivity contribution is 6.39. The zero-order valence-electron chi connectivity index (χ0n) is 16.2. The molecule has 6 nitrogen and oxygen atoms in total. The molecule has 0 atom stereocenters. The van der Waals surface area contributed by atoms with Gasteiger partial charge in [-0.3, -0.25) is 14.4 Å². The molecule has 2 aromatic rings. The molecule has 1 N–H and O–H groups in total. The Kier molecular flexibility index (Phi) is 5.48. The van der Waals surface area contributed by atoms with Crippen LogP contribution in [-0.2, 0) is 9.59 Å². The number of benzene rings is 2. The highest BCUT2D eigenvalue weighted by Gasteiger charge is 2.30. The molecule has 0 unspecified atom stereocenters. The number of hydrogen-bond acceptors (Lipinski definition) is 3. The van der Waals surface area contributed by atoms with Crippen molar-refractivity contribution in [1.29, 1.82) is 0 Å². The van der Waals surface area contributed by atoms with Crippen LogP contribution in [0, 0.1) is 11.6 Å². The molecule has 2 aromatic carbocycles. The van der Waals surface area contributed by atoms with Crippen LogP contribution in [-0.4, -0.2) is 53.7 Å². The molecular weight excluding hydrogens is 392 g/mol. The first kappa shape index (κ1) is 20.0. The predicted octanol–water partition coefficient (Wildman–Crippen LogP) is 2.77. The third-order valence-electron chi connectivity index (χ3n) is 5.41. The van der Waals surface area contributed by atoms with Gasteiger partial charge in [0.25, 0.3) is 5.91 Å². The maximum atomic E-state index is 13.9. The summed E-state index contributed by atoms with van der Waals surface area (Å²) < 4.78 is 26.9. The van der Waals surface area contributed by atoms with E-state index in [1.165, 1.54) is 41.3 Å². The van der Waals surface area contributed by atoms with Gasteiger partial charge in [-0.2, -0.15) is 0 Å². The zero-order valence-corrected chi connectivity index (χ0v) is 16.2. The van der Waals surface area contributed by atoms with Crippen LogP contribution < -0.4 is 5.32 Å². The summed E-state index contributed by atoms with van der Waals surface area (Å²) in [7, 11) is 0. The number of carbonyl (C=O) groups is 3. The van der Waals surface area contributed by atoms with Crippen LogP contribution in [0.1, 0.15) is 34.7 Å². The smallest absolute Gasteiger partial charge is 0.313 e. The molecule has 1 saturated heterocycles. The van der Waals surface area contributed by atoms with Crippen LogP contribution in [0.2, 0.25) is 0 Å². The van der Waals surface area contributed by atoms with Crippen molar-refractivity contribution in [2.45, 2.75) is 18.8 Å². The largest absolute Gasteiger partial charge is 0.335 e. The third kappa shape index (κ3) is 4.32. The van der Waals surface area contributed by atoms with Crippen molar-refractivity contribution in [3.8, 4) is 0 Å². The molecule has 0 bridgehead atoms. The van der Waals surface area contributed by atoms with E-state index in [4.69, 9.17) is 0 Å². The summed E-state index contributed by atoms with van der Waals surface area (Å²) in [6.45, 7) is 0.987. The number of anilines is 1. The Balaban J connectivity index is 1.32. The summed E-state index contributed by atoms with van der Waals surface area (Å²) >= 11 is 0. The number of halogens is 2. The summed E-state index contributed by atoms with van der Waals surface area (Å²) in [5, 5.41) is 2.54. The average molecular weight is 413 g/mol. The number of hydrogen-bond donors (Lipinski definition) is 1. The SMILES string of the molecule is O=C(Nc1ccc(F)c(C2CC2)c1)C(=O)N1CCN(C(=O)c2ccc(F)cc2)CC1. The summed E-state index contributed by atoms with van der Waals surface area (Å²) in [4.78, 5) is 40.3. The monoisotopic (exact) mass is 413 g/mol. The highest BCUT2D eigenvalue weighted by Crippen LogP contribution is 2.42. The first-order chi connectivity index (χ1) is 14.4. The molecular formula is C22H21F2N3O3. The molecule has 3 amide bonds. The molecule has 2 aliphatic rings. The van der Waals surface area contributed by atoms with E-state index in [2.05, 4.69) is 5.32 Å². The second-order valence-electron chi connectivity index (χ2n) is 7.56. The van der Waals surface area contributed by atoms with E-state index in [0.29, 0.717) is 16.8 Å². The van der Waals surface area contributed by atoms with Gasteiger partial charge in [-0.1, -0.05) is 0 Å². The molecule has 0 radical (unpaired) electrons. The maximum Gasteiger partial charge on any atom is 0.313 e. The molecule has 0 aromatic heterocycles. The van der Waals surface area contributed by atoms with Gasteiger partial charge < -0.3 is 15.1 Å². The van der Waals surface area contributed by atoms with Crippen molar-refractivity contribution in [3.63, 3.8) is 0 Å². The van der Waals surface area contributed by atoms with Gasteiger partial charge in [0.1, 0.15) is 11.6 Å². The number of nitrogens with zero attached hydrogens (tertiary/aromatic N) is 2. The van der Waals surface area contributed by atoms with E-state index in [1.54, 1.807) is 11.0 Å². The molecule has 2 fully saturated rings. The average Bonchev–Trinajstić information content (AvgIpc) is 3.60. The normalized spacial score (nSPS) is 16.3. The van der Waals surface area contributed by atoms with Crippen LogP contribution in [0.3, 0.4) is 0 Å². The summed E-state index contributed by atoms with van der Waals surface area (Å²) in [6.07, 6.45) is 1.85. The zero-order chi connectivity index (χ0) is 21.3. The topological polar surface area (TPSA) is 69.7 Å². The minimum absolute atomic E-state index is 0.185. The standard InChI is InChI=1S/C22H21F2N3O3/c23-16-5-3-15(4-6-16)21(29)26-9-11-27(12-10-26)22(30)20(28)25-17-7-8-19(24)18(13-17)14-1-2-14/h3-8,13-14H,1-2,9-12H2,(H,25,28). The van der Waals surface area contributed by atoms with E-state index < -0.39 is 17.6 Å². The quantitative estimate of drug-likeness (QED) is 0.787. The van der Waals surface area contributed by atoms with Crippen molar-refractivity contribution >= 4 is 23.4 Å². The third-order valence-corrected chi connectivity index (χ3v) is 5.41. The lowest BCUT2D eigenvalue weighted by molar-refractivity contribution is -0.144. The minimum atomic E-state index is -0.790. The van der Waals surface area contributed by atoms with Gasteiger partial charge in [-0.15, -0.1) is 0 Å². The van der Waals surface area contributed by atoms with Gasteiger partial charge in [0, 0.05) is 37.4 Å². The van der Waals surface area contributed by atoms with Gasteiger partial charge in [-0.05, 0) is 66.8 Å². The Morgan fingerprint density at radius 3 is 2.13 bits per heavy atom. The predicted molar refractivity (Wildman–Crippen MR) is 106 cm³/mol. The maximum absolute atomic E-state index is 13.9. The van der Waals surface area contributed by atoms with Crippen molar-refractivity contribution in [2.24, 2.45) is 0 Å². The Morgan fingerprint density at radius 2 is 1.50 bits per heavy atom. The van der Waals surface area contributed by atoms with E-state index in [9.17, 15) is 23.2 Å². The van der Waals surface area contributed by atoms with Gasteiger partial charge in [0.2, 0.25) is 0 Å². The van der Waals surface area contributed by atoms with Crippen LogP contribution in [0.25, 0.3) is 0 Å². The molecule has 0 spiro atoms. The van der Waals surface area contributed by atoms with Crippen molar-refractivity contribution in [3.05, 3.63) is 65.2 Å². The Labute approximate surface area is 172 Å². The summed E-state index contributed by atoms with van der Waals surface area (Å²) in [5.41, 5.74) is 1.33. The van der Waals surface area contributed by atoms with Crippen LogP contribution >= 0.6 is 0 Å². The molecule has 30 heavy (non-hydrogen) atoms. The van der Waals surface area contributed by atoms with Gasteiger partial charge in [-0.25, -0.2) is 8.78 Å². The fourth-order valence-electron chi connectivity index (χ4n) is 3.54. The van der Waals surface area contributed by atoms with E-state index in [-0.39, 0.29) is 43.8 Å². The second kappa shape index (κ2) is 8.22. The van der Waals surface area contributed by atoms with Crippen LogP contribution in [0.15, 0.2) is 42.5 Å². The molecule has 1 saturated carbocycles. The number of rotatable bonds is 3. The molecule has 1 aliphatic heterocycles. The summed E-state index contributed by atoms with van der Waals surface area (Å²) in [5.74, 6) is -2.26. The summed E-state index contributed by atoms with van der Waals surface area (Å²) in [6, 6.07) is 9.60. The lowest BCUT2D eigenvalue weighted by atomic mass is 10.1. The Morgan fingerprint density at radius 1 is 0.867 bits per heavy atom. The van der Waals surface area contributed by atoms with Crippen molar-refractivity contribution in [2.75, 3.05) is 31.5 Å². The van der Waals surface area contributed by atoms with E-state index in [0.717, 1.165) is 12.8 Å². The molecule has 8 heteroatoms. The second-order valence-corrected chi connectivity index (χ2v) is 7.56. The van der Waals surface area contributed by atoms with Crippen molar-refractivity contribution in [1.82, 2.24) is 9.80 Å². The lowest BCUT2D eigenvalue weighted by Crippen LogP contribution is -2.53. The molecule has 1 aliphatic carbocycles. The first-order valence-corrected chi connectivity index (χ1v) is 9.87. The first-order valence-electron chi connectivity index (χ1n) is 9.87. The van der Waals surface area contributed by atoms with Crippen molar-refractivity contribution < 1.29 is 23.2 Å². The minimum Gasteiger partial charge on any atom is -0.335 e. The molecule has 1 heterocycles. The Bertz CT molecular complexity index is 982. The fourth-order valence-corrected chi connectivity index (χ4v) is 3.54.